The Hall–Kier alpha value is -2.45. The molecule has 0 bridgehead atoms. The summed E-state index contributed by atoms with van der Waals surface area (Å²) >= 11 is 1.39. The van der Waals surface area contributed by atoms with Crippen LogP contribution in [-0.2, 0) is 18.4 Å². The van der Waals surface area contributed by atoms with E-state index >= 15 is 0 Å². The molecule has 1 saturated heterocycles. The molecule has 8 heteroatoms. The van der Waals surface area contributed by atoms with Gasteiger partial charge in [-0.1, -0.05) is 54.2 Å². The van der Waals surface area contributed by atoms with Crippen molar-refractivity contribution in [3.8, 4) is 0 Å². The number of carbonyl (C=O) groups excluding carboxylic acids is 1. The van der Waals surface area contributed by atoms with Gasteiger partial charge in [0.15, 0.2) is 0 Å². The largest absolute Gasteiger partial charge is 0.331 e. The first kappa shape index (κ1) is 17.9. The quantitative estimate of drug-likeness (QED) is 0.646. The van der Waals surface area contributed by atoms with Crippen molar-refractivity contribution < 1.29 is 9.69 Å². The molecule has 0 radical (unpaired) electrons. The van der Waals surface area contributed by atoms with Crippen molar-refractivity contribution in [1.29, 1.82) is 0 Å². The van der Waals surface area contributed by atoms with Crippen LogP contribution in [0, 0.1) is 0 Å². The molecule has 3 aromatic rings. The lowest BCUT2D eigenvalue weighted by Gasteiger charge is -2.32. The zero-order valence-corrected chi connectivity index (χ0v) is 16.2. The Labute approximate surface area is 162 Å². The Morgan fingerprint density at radius 1 is 1.15 bits per heavy atom. The van der Waals surface area contributed by atoms with E-state index in [1.54, 1.807) is 11.7 Å². The highest BCUT2D eigenvalue weighted by Gasteiger charge is 2.24. The van der Waals surface area contributed by atoms with Gasteiger partial charge in [-0.3, -0.25) is 4.79 Å². The Balaban J connectivity index is 1.31. The first-order valence-electron chi connectivity index (χ1n) is 9.14. The number of aryl methyl sites for hydroxylation is 1. The second-order valence-corrected chi connectivity index (χ2v) is 7.76. The normalized spacial score (nSPS) is 15.4. The van der Waals surface area contributed by atoms with E-state index in [0.29, 0.717) is 10.9 Å². The van der Waals surface area contributed by atoms with Crippen LogP contribution < -0.4 is 4.90 Å². The number of hydrogen-bond donors (Lipinski definition) is 1. The van der Waals surface area contributed by atoms with Gasteiger partial charge in [-0.25, -0.2) is 4.68 Å². The zero-order valence-electron chi connectivity index (χ0n) is 15.3. The Morgan fingerprint density at radius 2 is 1.93 bits per heavy atom. The fourth-order valence-electron chi connectivity index (χ4n) is 3.53. The molecule has 0 atom stereocenters. The molecule has 1 aliphatic rings. The molecule has 1 aromatic heterocycles. The maximum Gasteiger partial charge on any atom is 0.233 e. The minimum absolute atomic E-state index is 0.159. The molecular formula is C19H23N6OS+. The van der Waals surface area contributed by atoms with Crippen LogP contribution >= 0.6 is 11.8 Å². The van der Waals surface area contributed by atoms with Gasteiger partial charge in [0.2, 0.25) is 11.1 Å². The molecule has 0 spiro atoms. The van der Waals surface area contributed by atoms with Gasteiger partial charge in [-0.15, -0.1) is 5.10 Å². The first-order chi connectivity index (χ1) is 13.2. The Kier molecular flexibility index (Phi) is 5.35. The number of thioether (sulfide) groups is 1. The van der Waals surface area contributed by atoms with Crippen LogP contribution in [0.4, 0.5) is 0 Å². The van der Waals surface area contributed by atoms with E-state index in [9.17, 15) is 4.79 Å². The minimum Gasteiger partial charge on any atom is -0.331 e. The summed E-state index contributed by atoms with van der Waals surface area (Å²) in [6.07, 6.45) is 0. The van der Waals surface area contributed by atoms with Crippen molar-refractivity contribution >= 4 is 28.4 Å². The van der Waals surface area contributed by atoms with Crippen LogP contribution in [-0.4, -0.2) is 62.9 Å². The Bertz CT molecular complexity index is 929. The van der Waals surface area contributed by atoms with Crippen LogP contribution in [0.25, 0.3) is 10.8 Å². The molecule has 27 heavy (non-hydrogen) atoms. The standard InChI is InChI=1S/C19H22N6OS/c1-23-19(20-21-22-23)27-14-18(26)25-11-9-24(10-12-25)13-16-7-4-6-15-5-2-3-8-17(15)16/h2-8H,9-14H2,1H3/p+1. The molecule has 0 saturated carbocycles. The van der Waals surface area contributed by atoms with Gasteiger partial charge in [0.05, 0.1) is 31.9 Å². The smallest absolute Gasteiger partial charge is 0.233 e. The van der Waals surface area contributed by atoms with E-state index in [1.165, 1.54) is 33.0 Å². The third-order valence-electron chi connectivity index (χ3n) is 5.05. The highest BCUT2D eigenvalue weighted by atomic mass is 32.2. The van der Waals surface area contributed by atoms with Gasteiger partial charge in [0.1, 0.15) is 6.54 Å². The van der Waals surface area contributed by atoms with E-state index in [4.69, 9.17) is 0 Å². The van der Waals surface area contributed by atoms with Crippen molar-refractivity contribution in [2.45, 2.75) is 11.7 Å². The fraction of sp³-hybridized carbons (Fsp3) is 0.368. The van der Waals surface area contributed by atoms with Gasteiger partial charge in [-0.05, 0) is 21.2 Å². The first-order valence-corrected chi connectivity index (χ1v) is 10.1. The molecule has 1 aliphatic heterocycles. The second-order valence-electron chi connectivity index (χ2n) is 6.82. The third kappa shape index (κ3) is 4.12. The molecule has 140 valence electrons. The van der Waals surface area contributed by atoms with Gasteiger partial charge < -0.3 is 9.80 Å². The second kappa shape index (κ2) is 8.06. The van der Waals surface area contributed by atoms with Crippen LogP contribution in [0.3, 0.4) is 0 Å². The van der Waals surface area contributed by atoms with Crippen molar-refractivity contribution in [2.75, 3.05) is 31.9 Å². The number of nitrogens with zero attached hydrogens (tertiary/aromatic N) is 5. The lowest BCUT2D eigenvalue weighted by atomic mass is 10.0. The summed E-state index contributed by atoms with van der Waals surface area (Å²) in [4.78, 5) is 16.0. The van der Waals surface area contributed by atoms with Gasteiger partial charge >= 0.3 is 0 Å². The number of carbonyl (C=O) groups is 1. The van der Waals surface area contributed by atoms with E-state index in [2.05, 4.69) is 58.0 Å². The summed E-state index contributed by atoms with van der Waals surface area (Å²) in [5.74, 6) is 0.541. The number of piperazine rings is 1. The van der Waals surface area contributed by atoms with Crippen LogP contribution in [0.5, 0.6) is 0 Å². The van der Waals surface area contributed by atoms with Crippen molar-refractivity contribution in [3.63, 3.8) is 0 Å². The number of fused-ring (bicyclic) bond motifs is 1. The van der Waals surface area contributed by atoms with Crippen LogP contribution in [0.15, 0.2) is 47.6 Å². The maximum absolute atomic E-state index is 12.5. The molecule has 2 heterocycles. The average molecular weight is 384 g/mol. The minimum atomic E-state index is 0.159. The van der Waals surface area contributed by atoms with Crippen molar-refractivity contribution in [3.05, 3.63) is 48.0 Å². The predicted molar refractivity (Wildman–Crippen MR) is 104 cm³/mol. The number of aromatic nitrogens is 4. The average Bonchev–Trinajstić information content (AvgIpc) is 3.12. The summed E-state index contributed by atoms with van der Waals surface area (Å²) in [7, 11) is 1.78. The van der Waals surface area contributed by atoms with Crippen LogP contribution in [0.2, 0.25) is 0 Å². The summed E-state index contributed by atoms with van der Waals surface area (Å²) in [6.45, 7) is 4.56. The van der Waals surface area contributed by atoms with Gasteiger partial charge in [0, 0.05) is 12.6 Å². The lowest BCUT2D eigenvalue weighted by molar-refractivity contribution is -0.917. The highest BCUT2D eigenvalue weighted by molar-refractivity contribution is 7.99. The number of nitrogens with one attached hydrogen (secondary N) is 1. The molecule has 0 aliphatic carbocycles. The topological polar surface area (TPSA) is 68.4 Å². The third-order valence-corrected chi connectivity index (χ3v) is 6.05. The summed E-state index contributed by atoms with van der Waals surface area (Å²) in [5.41, 5.74) is 1.38. The lowest BCUT2D eigenvalue weighted by Crippen LogP contribution is -3.13. The molecule has 1 fully saturated rings. The van der Waals surface area contributed by atoms with E-state index in [-0.39, 0.29) is 5.91 Å². The maximum atomic E-state index is 12.5. The number of tetrazole rings is 1. The van der Waals surface area contributed by atoms with Crippen molar-refractivity contribution in [2.24, 2.45) is 7.05 Å². The van der Waals surface area contributed by atoms with Crippen molar-refractivity contribution in [1.82, 2.24) is 25.1 Å². The van der Waals surface area contributed by atoms with E-state index in [0.717, 1.165) is 32.7 Å². The Morgan fingerprint density at radius 3 is 2.70 bits per heavy atom. The summed E-state index contributed by atoms with van der Waals surface area (Å²) < 4.78 is 1.59. The van der Waals surface area contributed by atoms with E-state index in [1.807, 2.05) is 4.90 Å². The zero-order chi connectivity index (χ0) is 18.6. The number of amides is 1. The summed E-state index contributed by atoms with van der Waals surface area (Å²) in [5, 5.41) is 14.6. The SMILES string of the molecule is Cn1nnnc1SCC(=O)N1CC[NH+](Cc2cccc3ccccc23)CC1. The fourth-order valence-corrected chi connectivity index (χ4v) is 4.28. The number of quaternary nitrogens is 1. The van der Waals surface area contributed by atoms with Crippen LogP contribution in [0.1, 0.15) is 5.56 Å². The molecular weight excluding hydrogens is 360 g/mol. The van der Waals surface area contributed by atoms with Gasteiger partial charge in [0.25, 0.3) is 0 Å². The molecule has 4 rings (SSSR count). The number of rotatable bonds is 5. The van der Waals surface area contributed by atoms with Gasteiger partial charge in [-0.2, -0.15) is 0 Å². The highest BCUT2D eigenvalue weighted by Crippen LogP contribution is 2.18. The number of hydrogen-bond acceptors (Lipinski definition) is 5. The number of benzene rings is 2. The van der Waals surface area contributed by atoms with E-state index < -0.39 is 0 Å². The molecule has 2 aromatic carbocycles. The molecule has 1 amide bonds. The molecule has 1 N–H and O–H groups in total. The monoisotopic (exact) mass is 383 g/mol. The summed E-state index contributed by atoms with van der Waals surface area (Å²) in [6, 6.07) is 15.1. The molecule has 7 nitrogen and oxygen atoms in total. The predicted octanol–water partition coefficient (Wildman–Crippen LogP) is 0.383. The molecule has 0 unspecified atom stereocenters.